The first-order valence-electron chi connectivity index (χ1n) is 11.4. The van der Waals surface area contributed by atoms with Gasteiger partial charge in [0.2, 0.25) is 0 Å². The van der Waals surface area contributed by atoms with Crippen molar-refractivity contribution in [1.82, 2.24) is 15.2 Å². The summed E-state index contributed by atoms with van der Waals surface area (Å²) < 4.78 is 0. The Kier molecular flexibility index (Phi) is 9.79. The summed E-state index contributed by atoms with van der Waals surface area (Å²) in [5.41, 5.74) is 3.99. The second-order valence-corrected chi connectivity index (χ2v) is 8.62. The van der Waals surface area contributed by atoms with Crippen LogP contribution < -0.4 is 15.8 Å². The van der Waals surface area contributed by atoms with Gasteiger partial charge in [-0.05, 0) is 69.6 Å². The molecule has 0 radical (unpaired) electrons. The molecule has 0 aliphatic carbocycles. The van der Waals surface area contributed by atoms with Gasteiger partial charge in [0.25, 0.3) is 5.56 Å². The molecule has 1 aromatic heterocycles. The number of quaternary nitrogens is 1. The molecule has 6 heteroatoms. The van der Waals surface area contributed by atoms with Gasteiger partial charge in [0.15, 0.2) is 5.11 Å². The van der Waals surface area contributed by atoms with Crippen LogP contribution in [0.15, 0.2) is 23.0 Å². The van der Waals surface area contributed by atoms with E-state index in [9.17, 15) is 4.79 Å². The lowest BCUT2D eigenvalue weighted by molar-refractivity contribution is -0.896. The third-order valence-corrected chi connectivity index (χ3v) is 6.21. The maximum absolute atomic E-state index is 12.8. The van der Waals surface area contributed by atoms with Gasteiger partial charge < -0.3 is 20.1 Å². The van der Waals surface area contributed by atoms with Crippen LogP contribution in [0.3, 0.4) is 0 Å². The number of aryl methyl sites for hydroxylation is 2. The van der Waals surface area contributed by atoms with Crippen LogP contribution in [0.5, 0.6) is 0 Å². The topological polar surface area (TPSA) is 52.6 Å². The number of hydrogen-bond donors (Lipinski definition) is 3. The Labute approximate surface area is 186 Å². The first-order valence-corrected chi connectivity index (χ1v) is 11.8. The van der Waals surface area contributed by atoms with Gasteiger partial charge in [-0.3, -0.25) is 4.79 Å². The Balaban J connectivity index is 2.21. The first-order chi connectivity index (χ1) is 14.4. The van der Waals surface area contributed by atoms with E-state index in [0.29, 0.717) is 6.54 Å². The summed E-state index contributed by atoms with van der Waals surface area (Å²) >= 11 is 5.70. The second kappa shape index (κ2) is 12.1. The minimum atomic E-state index is -0.0248. The number of benzene rings is 1. The SMILES string of the molecule is CCCCNC(=S)N(CCC[NH+](CC)CC)Cc1cc2c(C)cc(C)cc2[nH]c1=O. The molecule has 2 rings (SSSR count). The number of nitrogens with one attached hydrogen (secondary N) is 3. The number of nitrogens with zero attached hydrogens (tertiary/aromatic N) is 1. The maximum Gasteiger partial charge on any atom is 0.253 e. The zero-order valence-electron chi connectivity index (χ0n) is 19.4. The van der Waals surface area contributed by atoms with Crippen molar-refractivity contribution in [1.29, 1.82) is 0 Å². The lowest BCUT2D eigenvalue weighted by atomic mass is 10.0. The normalized spacial score (nSPS) is 11.3. The molecule has 0 amide bonds. The maximum atomic E-state index is 12.8. The highest BCUT2D eigenvalue weighted by Crippen LogP contribution is 2.19. The number of unbranched alkanes of at least 4 members (excludes halogenated alkanes) is 1. The molecule has 0 fully saturated rings. The summed E-state index contributed by atoms with van der Waals surface area (Å²) in [6.07, 6.45) is 3.27. The van der Waals surface area contributed by atoms with Crippen molar-refractivity contribution in [3.63, 3.8) is 0 Å². The quantitative estimate of drug-likeness (QED) is 0.378. The van der Waals surface area contributed by atoms with Gasteiger partial charge in [-0.15, -0.1) is 0 Å². The number of pyridine rings is 1. The van der Waals surface area contributed by atoms with Crippen LogP contribution in [0, 0.1) is 13.8 Å². The van der Waals surface area contributed by atoms with E-state index in [1.807, 2.05) is 12.1 Å². The van der Waals surface area contributed by atoms with Crippen molar-refractivity contribution >= 4 is 28.2 Å². The fourth-order valence-electron chi connectivity index (χ4n) is 3.90. The Morgan fingerprint density at radius 1 is 1.13 bits per heavy atom. The summed E-state index contributed by atoms with van der Waals surface area (Å²) in [7, 11) is 0. The van der Waals surface area contributed by atoms with Gasteiger partial charge in [0, 0.05) is 36.0 Å². The molecule has 0 spiro atoms. The molecule has 2 aromatic rings. The molecule has 0 unspecified atom stereocenters. The summed E-state index contributed by atoms with van der Waals surface area (Å²) in [5, 5.41) is 5.24. The molecule has 166 valence electrons. The number of aromatic amines is 1. The van der Waals surface area contributed by atoms with E-state index < -0.39 is 0 Å². The summed E-state index contributed by atoms with van der Waals surface area (Å²) in [4.78, 5) is 19.6. The van der Waals surface area contributed by atoms with Crippen LogP contribution in [-0.2, 0) is 6.54 Å². The van der Waals surface area contributed by atoms with Crippen LogP contribution in [0.1, 0.15) is 56.7 Å². The smallest absolute Gasteiger partial charge is 0.253 e. The monoisotopic (exact) mass is 431 g/mol. The molecule has 0 aliphatic heterocycles. The van der Waals surface area contributed by atoms with E-state index in [1.165, 1.54) is 5.56 Å². The minimum Gasteiger partial charge on any atom is -0.363 e. The molecule has 1 heterocycles. The molecular weight excluding hydrogens is 392 g/mol. The molecule has 5 nitrogen and oxygen atoms in total. The predicted octanol–water partition coefficient (Wildman–Crippen LogP) is 2.94. The van der Waals surface area contributed by atoms with Crippen molar-refractivity contribution in [2.75, 3.05) is 32.7 Å². The van der Waals surface area contributed by atoms with Gasteiger partial charge in [-0.25, -0.2) is 0 Å². The van der Waals surface area contributed by atoms with Gasteiger partial charge in [0.05, 0.1) is 26.2 Å². The lowest BCUT2D eigenvalue weighted by Gasteiger charge is -2.27. The molecular formula is C24H39N4OS+. The number of aromatic nitrogens is 1. The fourth-order valence-corrected chi connectivity index (χ4v) is 4.16. The van der Waals surface area contributed by atoms with E-state index in [0.717, 1.165) is 79.1 Å². The molecule has 3 N–H and O–H groups in total. The fraction of sp³-hybridized carbons (Fsp3) is 0.583. The molecule has 0 bridgehead atoms. The Morgan fingerprint density at radius 3 is 2.53 bits per heavy atom. The molecule has 1 aromatic carbocycles. The number of H-pyrrole nitrogens is 1. The average molecular weight is 432 g/mol. The Morgan fingerprint density at radius 2 is 1.87 bits per heavy atom. The van der Waals surface area contributed by atoms with E-state index in [2.05, 4.69) is 55.9 Å². The van der Waals surface area contributed by atoms with Gasteiger partial charge >= 0.3 is 0 Å². The number of fused-ring (bicyclic) bond motifs is 1. The molecule has 0 saturated heterocycles. The number of rotatable bonds is 11. The van der Waals surface area contributed by atoms with Crippen LogP contribution in [0.2, 0.25) is 0 Å². The lowest BCUT2D eigenvalue weighted by Crippen LogP contribution is -3.11. The average Bonchev–Trinajstić information content (AvgIpc) is 2.71. The van der Waals surface area contributed by atoms with E-state index in [1.54, 1.807) is 4.90 Å². The van der Waals surface area contributed by atoms with Crippen molar-refractivity contribution in [3.8, 4) is 0 Å². The highest BCUT2D eigenvalue weighted by atomic mass is 32.1. The van der Waals surface area contributed by atoms with Crippen molar-refractivity contribution in [2.24, 2.45) is 0 Å². The largest absolute Gasteiger partial charge is 0.363 e. The Bertz CT molecular complexity index is 889. The van der Waals surface area contributed by atoms with E-state index in [4.69, 9.17) is 12.2 Å². The van der Waals surface area contributed by atoms with Crippen LogP contribution in [0.25, 0.3) is 10.9 Å². The molecule has 0 aliphatic rings. The van der Waals surface area contributed by atoms with Crippen molar-refractivity contribution < 1.29 is 4.90 Å². The van der Waals surface area contributed by atoms with E-state index >= 15 is 0 Å². The van der Waals surface area contributed by atoms with Gasteiger partial charge in [-0.2, -0.15) is 0 Å². The molecule has 0 saturated carbocycles. The van der Waals surface area contributed by atoms with Crippen molar-refractivity contribution in [2.45, 2.75) is 60.4 Å². The summed E-state index contributed by atoms with van der Waals surface area (Å²) in [6.45, 7) is 16.4. The Hall–Kier alpha value is -1.92. The molecule has 0 atom stereocenters. The van der Waals surface area contributed by atoms with Gasteiger partial charge in [-0.1, -0.05) is 19.4 Å². The predicted molar refractivity (Wildman–Crippen MR) is 131 cm³/mol. The standard InChI is InChI=1S/C24H38N4OS/c1-6-9-11-25-24(30)28(13-10-12-27(7-2)8-3)17-20-16-21-19(5)14-18(4)15-22(21)26-23(20)29/h14-16H,6-13,17H2,1-5H3,(H,25,30)(H,26,29)/p+1. The van der Waals surface area contributed by atoms with Crippen LogP contribution in [0.4, 0.5) is 0 Å². The summed E-state index contributed by atoms with van der Waals surface area (Å²) in [6, 6.07) is 6.24. The van der Waals surface area contributed by atoms with Crippen molar-refractivity contribution in [3.05, 3.63) is 45.2 Å². The highest BCUT2D eigenvalue weighted by Gasteiger charge is 2.15. The van der Waals surface area contributed by atoms with E-state index in [-0.39, 0.29) is 5.56 Å². The number of thiocarbonyl (C=S) groups is 1. The third-order valence-electron chi connectivity index (χ3n) is 5.80. The minimum absolute atomic E-state index is 0.0248. The number of hydrogen-bond acceptors (Lipinski definition) is 2. The first kappa shape index (κ1) is 24.4. The highest BCUT2D eigenvalue weighted by molar-refractivity contribution is 7.80. The second-order valence-electron chi connectivity index (χ2n) is 8.23. The zero-order chi connectivity index (χ0) is 22.1. The van der Waals surface area contributed by atoms with Gasteiger partial charge in [0.1, 0.15) is 0 Å². The molecule has 30 heavy (non-hydrogen) atoms. The summed E-state index contributed by atoms with van der Waals surface area (Å²) in [5.74, 6) is 0. The van der Waals surface area contributed by atoms with Crippen LogP contribution in [-0.4, -0.2) is 47.7 Å². The zero-order valence-corrected chi connectivity index (χ0v) is 20.2. The van der Waals surface area contributed by atoms with Crippen LogP contribution >= 0.6 is 12.2 Å². The third kappa shape index (κ3) is 6.81.